The highest BCUT2D eigenvalue weighted by Gasteiger charge is 2.25. The van der Waals surface area contributed by atoms with Crippen molar-refractivity contribution in [3.8, 4) is 0 Å². The Morgan fingerprint density at radius 1 is 1.35 bits per heavy atom. The molecule has 1 aliphatic rings. The van der Waals surface area contributed by atoms with Gasteiger partial charge in [-0.25, -0.2) is 4.98 Å². The molecular weight excluding hydrogens is 246 g/mol. The molecule has 1 aromatic heterocycles. The Bertz CT molecular complexity index is 422. The van der Waals surface area contributed by atoms with Crippen LogP contribution in [0.25, 0.3) is 0 Å². The lowest BCUT2D eigenvalue weighted by atomic mass is 10.1. The number of nitrogens with zero attached hydrogens (tertiary/aromatic N) is 2. The highest BCUT2D eigenvalue weighted by Crippen LogP contribution is 2.30. The highest BCUT2D eigenvalue weighted by molar-refractivity contribution is 5.48. The van der Waals surface area contributed by atoms with Gasteiger partial charge >= 0.3 is 0 Å². The molecule has 1 aliphatic carbocycles. The molecule has 1 fully saturated rings. The first kappa shape index (κ1) is 15.3. The molecule has 1 heterocycles. The van der Waals surface area contributed by atoms with Gasteiger partial charge in [-0.2, -0.15) is 0 Å². The Morgan fingerprint density at radius 3 is 2.60 bits per heavy atom. The fourth-order valence-corrected chi connectivity index (χ4v) is 3.25. The molecule has 1 N–H and O–H groups in total. The fraction of sp³-hybridized carbons (Fsp3) is 0.706. The molecule has 3 nitrogen and oxygen atoms in total. The van der Waals surface area contributed by atoms with Crippen molar-refractivity contribution in [2.45, 2.75) is 59.0 Å². The van der Waals surface area contributed by atoms with Crippen molar-refractivity contribution in [1.29, 1.82) is 0 Å². The van der Waals surface area contributed by atoms with Gasteiger partial charge in [0.2, 0.25) is 0 Å². The maximum atomic E-state index is 4.78. The van der Waals surface area contributed by atoms with Crippen LogP contribution in [0.2, 0.25) is 0 Å². The second kappa shape index (κ2) is 7.07. The first-order valence-electron chi connectivity index (χ1n) is 7.98. The van der Waals surface area contributed by atoms with Crippen LogP contribution in [-0.2, 0) is 6.54 Å². The van der Waals surface area contributed by atoms with E-state index >= 15 is 0 Å². The summed E-state index contributed by atoms with van der Waals surface area (Å²) in [7, 11) is 1.98. The number of pyridine rings is 1. The molecule has 0 aromatic carbocycles. The van der Waals surface area contributed by atoms with Gasteiger partial charge in [0.25, 0.3) is 0 Å². The van der Waals surface area contributed by atoms with Crippen molar-refractivity contribution in [2.24, 2.45) is 5.92 Å². The van der Waals surface area contributed by atoms with Crippen molar-refractivity contribution >= 4 is 5.82 Å². The minimum atomic E-state index is 0.675. The molecule has 0 saturated heterocycles. The molecule has 20 heavy (non-hydrogen) atoms. The van der Waals surface area contributed by atoms with E-state index in [1.54, 1.807) is 0 Å². The molecule has 112 valence electrons. The quantitative estimate of drug-likeness (QED) is 0.861. The topological polar surface area (TPSA) is 28.2 Å². The molecule has 0 unspecified atom stereocenters. The van der Waals surface area contributed by atoms with E-state index in [0.29, 0.717) is 12.0 Å². The zero-order valence-electron chi connectivity index (χ0n) is 13.4. The Hall–Kier alpha value is -1.09. The summed E-state index contributed by atoms with van der Waals surface area (Å²) in [5.74, 6) is 1.87. The molecule has 1 aromatic rings. The monoisotopic (exact) mass is 275 g/mol. The summed E-state index contributed by atoms with van der Waals surface area (Å²) in [5.41, 5.74) is 2.58. The Morgan fingerprint density at radius 2 is 2.05 bits per heavy atom. The van der Waals surface area contributed by atoms with Gasteiger partial charge in [-0.15, -0.1) is 0 Å². The van der Waals surface area contributed by atoms with Gasteiger partial charge < -0.3 is 10.2 Å². The van der Waals surface area contributed by atoms with Crippen LogP contribution in [0.1, 0.15) is 50.7 Å². The zero-order chi connectivity index (χ0) is 14.5. The van der Waals surface area contributed by atoms with Crippen LogP contribution in [0.3, 0.4) is 0 Å². The largest absolute Gasteiger partial charge is 0.353 e. The van der Waals surface area contributed by atoms with E-state index in [1.807, 2.05) is 13.2 Å². The van der Waals surface area contributed by atoms with Crippen molar-refractivity contribution in [3.05, 3.63) is 23.4 Å². The summed E-state index contributed by atoms with van der Waals surface area (Å²) < 4.78 is 0. The summed E-state index contributed by atoms with van der Waals surface area (Å²) in [4.78, 5) is 7.35. The summed E-state index contributed by atoms with van der Waals surface area (Å²) in [6, 6.07) is 2.97. The van der Waals surface area contributed by atoms with E-state index in [0.717, 1.165) is 13.1 Å². The lowest BCUT2D eigenvalue weighted by Crippen LogP contribution is -2.37. The van der Waals surface area contributed by atoms with Crippen LogP contribution in [0.4, 0.5) is 5.82 Å². The van der Waals surface area contributed by atoms with Crippen LogP contribution >= 0.6 is 0 Å². The predicted octanol–water partition coefficient (Wildman–Crippen LogP) is 3.51. The first-order valence-corrected chi connectivity index (χ1v) is 7.98. The Balaban J connectivity index is 2.23. The molecule has 0 atom stereocenters. The Labute approximate surface area is 123 Å². The first-order chi connectivity index (χ1) is 9.61. The van der Waals surface area contributed by atoms with Crippen LogP contribution in [0.5, 0.6) is 0 Å². The van der Waals surface area contributed by atoms with Gasteiger partial charge in [0.1, 0.15) is 5.82 Å². The van der Waals surface area contributed by atoms with Crippen molar-refractivity contribution in [2.75, 3.05) is 18.5 Å². The summed E-state index contributed by atoms with van der Waals surface area (Å²) in [6.07, 6.45) is 7.42. The second-order valence-electron chi connectivity index (χ2n) is 6.50. The van der Waals surface area contributed by atoms with Gasteiger partial charge in [0.15, 0.2) is 0 Å². The van der Waals surface area contributed by atoms with E-state index in [1.165, 1.54) is 42.6 Å². The lowest BCUT2D eigenvalue weighted by Gasteiger charge is -2.33. The maximum Gasteiger partial charge on any atom is 0.131 e. The SMILES string of the molecule is CNCc1cnc(N(CC(C)C)C2CCCC2)c(C)c1. The second-order valence-corrected chi connectivity index (χ2v) is 6.50. The van der Waals surface area contributed by atoms with Gasteiger partial charge in [-0.1, -0.05) is 26.7 Å². The number of nitrogens with one attached hydrogen (secondary N) is 1. The average Bonchev–Trinajstić information content (AvgIpc) is 2.90. The molecular formula is C17H29N3. The van der Waals surface area contributed by atoms with Crippen LogP contribution in [-0.4, -0.2) is 24.6 Å². The fourth-order valence-electron chi connectivity index (χ4n) is 3.25. The lowest BCUT2D eigenvalue weighted by molar-refractivity contribution is 0.530. The van der Waals surface area contributed by atoms with Crippen molar-refractivity contribution in [1.82, 2.24) is 10.3 Å². The van der Waals surface area contributed by atoms with E-state index in [-0.39, 0.29) is 0 Å². The number of aromatic nitrogens is 1. The normalized spacial score (nSPS) is 16.1. The molecule has 1 saturated carbocycles. The van der Waals surface area contributed by atoms with E-state index in [4.69, 9.17) is 4.98 Å². The maximum absolute atomic E-state index is 4.78. The third-order valence-electron chi connectivity index (χ3n) is 4.09. The molecule has 0 aliphatic heterocycles. The molecule has 0 radical (unpaired) electrons. The number of rotatable bonds is 6. The molecule has 0 bridgehead atoms. The van der Waals surface area contributed by atoms with Gasteiger partial charge in [-0.3, -0.25) is 0 Å². The molecule has 3 heteroatoms. The Kier molecular flexibility index (Phi) is 5.41. The predicted molar refractivity (Wildman–Crippen MR) is 86.2 cm³/mol. The smallest absolute Gasteiger partial charge is 0.131 e. The third-order valence-corrected chi connectivity index (χ3v) is 4.09. The molecule has 2 rings (SSSR count). The van der Waals surface area contributed by atoms with Gasteiger partial charge in [0.05, 0.1) is 0 Å². The van der Waals surface area contributed by atoms with Crippen molar-refractivity contribution < 1.29 is 0 Å². The average molecular weight is 275 g/mol. The number of aryl methyl sites for hydroxylation is 1. The highest BCUT2D eigenvalue weighted by atomic mass is 15.2. The molecule has 0 spiro atoms. The zero-order valence-corrected chi connectivity index (χ0v) is 13.4. The van der Waals surface area contributed by atoms with Gasteiger partial charge in [-0.05, 0) is 49.9 Å². The molecule has 0 amide bonds. The van der Waals surface area contributed by atoms with Gasteiger partial charge in [0, 0.05) is 25.3 Å². The van der Waals surface area contributed by atoms with Crippen LogP contribution in [0.15, 0.2) is 12.3 Å². The van der Waals surface area contributed by atoms with E-state index in [2.05, 4.69) is 37.1 Å². The number of hydrogen-bond donors (Lipinski definition) is 1. The van der Waals surface area contributed by atoms with Crippen LogP contribution in [0, 0.1) is 12.8 Å². The van der Waals surface area contributed by atoms with Crippen molar-refractivity contribution in [3.63, 3.8) is 0 Å². The number of anilines is 1. The summed E-state index contributed by atoms with van der Waals surface area (Å²) >= 11 is 0. The minimum Gasteiger partial charge on any atom is -0.353 e. The van der Waals surface area contributed by atoms with Crippen LogP contribution < -0.4 is 10.2 Å². The third kappa shape index (κ3) is 3.72. The van der Waals surface area contributed by atoms with E-state index < -0.39 is 0 Å². The standard InChI is InChI=1S/C17H29N3/c1-13(2)12-20(16-7-5-6-8-16)17-14(3)9-15(10-18-4)11-19-17/h9,11,13,16,18H,5-8,10,12H2,1-4H3. The number of hydrogen-bond acceptors (Lipinski definition) is 3. The summed E-state index contributed by atoms with van der Waals surface area (Å²) in [5, 5.41) is 3.19. The van der Waals surface area contributed by atoms with E-state index in [9.17, 15) is 0 Å². The minimum absolute atomic E-state index is 0.675. The summed E-state index contributed by atoms with van der Waals surface area (Å²) in [6.45, 7) is 8.80.